The molecule has 0 bridgehead atoms. The number of aryl methyl sites for hydroxylation is 1. The third-order valence-electron chi connectivity index (χ3n) is 3.99. The highest BCUT2D eigenvalue weighted by molar-refractivity contribution is 8.01. The van der Waals surface area contributed by atoms with E-state index in [1.165, 1.54) is 23.5 Å². The Morgan fingerprint density at radius 3 is 2.58 bits per heavy atom. The number of hydrogen-bond donors (Lipinski definition) is 3. The highest BCUT2D eigenvalue weighted by Gasteiger charge is 2.17. The number of nitrogens with one attached hydrogen (secondary N) is 3. The monoisotopic (exact) mass is 462 g/mol. The first-order chi connectivity index (χ1) is 14.8. The van der Waals surface area contributed by atoms with E-state index in [-0.39, 0.29) is 17.5 Å². The van der Waals surface area contributed by atoms with Crippen LogP contribution < -0.4 is 16.2 Å². The number of carbonyl (C=O) groups excluding carboxylic acids is 3. The maximum absolute atomic E-state index is 13.0. The number of amides is 3. The summed E-state index contributed by atoms with van der Waals surface area (Å²) in [5, 5.41) is 5.75. The molecule has 162 valence electrons. The topological polar surface area (TPSA) is 113 Å². The molecule has 0 saturated carbocycles. The summed E-state index contributed by atoms with van der Waals surface area (Å²) < 4.78 is 17.9. The van der Waals surface area contributed by atoms with E-state index < -0.39 is 17.1 Å². The van der Waals surface area contributed by atoms with Crippen molar-refractivity contribution < 1.29 is 23.3 Å². The molecule has 0 spiro atoms. The Balaban J connectivity index is 1.42. The summed E-state index contributed by atoms with van der Waals surface area (Å²) in [4.78, 5) is 37.5. The summed E-state index contributed by atoms with van der Waals surface area (Å²) in [5.74, 6) is -0.725. The van der Waals surface area contributed by atoms with Crippen LogP contribution in [0.15, 0.2) is 47.0 Å². The Morgan fingerprint density at radius 1 is 1.16 bits per heavy atom. The van der Waals surface area contributed by atoms with E-state index in [1.807, 2.05) is 0 Å². The second-order valence-electron chi connectivity index (χ2n) is 6.44. The molecule has 0 radical (unpaired) electrons. The van der Waals surface area contributed by atoms with Crippen LogP contribution in [0.25, 0.3) is 10.4 Å². The molecule has 3 N–H and O–H groups in total. The van der Waals surface area contributed by atoms with Crippen LogP contribution in [0.5, 0.6) is 0 Å². The minimum atomic E-state index is -0.519. The smallest absolute Gasteiger partial charge is 0.279 e. The van der Waals surface area contributed by atoms with Crippen LogP contribution in [0.1, 0.15) is 22.4 Å². The average molecular weight is 463 g/mol. The molecule has 3 rings (SSSR count). The minimum Gasteiger partial charge on any atom is -0.360 e. The van der Waals surface area contributed by atoms with E-state index in [0.717, 1.165) is 22.2 Å². The van der Waals surface area contributed by atoms with Crippen LogP contribution in [0, 0.1) is 12.7 Å². The Kier molecular flexibility index (Phi) is 7.42. The van der Waals surface area contributed by atoms with E-state index in [0.29, 0.717) is 16.5 Å². The average Bonchev–Trinajstić information content (AvgIpc) is 3.40. The van der Waals surface area contributed by atoms with Crippen molar-refractivity contribution in [3.8, 4) is 10.4 Å². The summed E-state index contributed by atoms with van der Waals surface area (Å²) in [7, 11) is 0. The maximum atomic E-state index is 13.0. The van der Waals surface area contributed by atoms with Crippen LogP contribution in [-0.2, 0) is 9.59 Å². The molecule has 1 aromatic carbocycles. The summed E-state index contributed by atoms with van der Waals surface area (Å²) in [6, 6.07) is 10.9. The van der Waals surface area contributed by atoms with Crippen molar-refractivity contribution in [1.29, 1.82) is 0 Å². The number of hydrogen-bond acceptors (Lipinski definition) is 7. The molecule has 2 heterocycles. The van der Waals surface area contributed by atoms with Crippen molar-refractivity contribution >= 4 is 46.6 Å². The fourth-order valence-corrected chi connectivity index (χ4v) is 3.97. The molecular weight excluding hydrogens is 443 g/mol. The Bertz CT molecular complexity index is 1080. The van der Waals surface area contributed by atoms with Crippen LogP contribution in [-0.4, -0.2) is 33.9 Å². The Labute approximate surface area is 185 Å². The molecule has 11 heteroatoms. The van der Waals surface area contributed by atoms with E-state index in [2.05, 4.69) is 21.3 Å². The molecule has 2 aromatic heterocycles. The molecule has 0 saturated heterocycles. The van der Waals surface area contributed by atoms with Gasteiger partial charge in [0.05, 0.1) is 15.9 Å². The van der Waals surface area contributed by atoms with Crippen molar-refractivity contribution in [1.82, 2.24) is 16.0 Å². The van der Waals surface area contributed by atoms with Gasteiger partial charge in [0.2, 0.25) is 11.8 Å². The molecular formula is C20H19FN4O4S2. The van der Waals surface area contributed by atoms with Gasteiger partial charge in [0, 0.05) is 10.9 Å². The summed E-state index contributed by atoms with van der Waals surface area (Å²) in [6.45, 7) is 3.36. The Morgan fingerprint density at radius 2 is 1.90 bits per heavy atom. The van der Waals surface area contributed by atoms with E-state index in [9.17, 15) is 18.8 Å². The van der Waals surface area contributed by atoms with Crippen LogP contribution in [0.3, 0.4) is 0 Å². The van der Waals surface area contributed by atoms with Gasteiger partial charge < -0.3 is 9.84 Å². The largest absolute Gasteiger partial charge is 0.360 e. The first-order valence-corrected chi connectivity index (χ1v) is 11.0. The third-order valence-corrected chi connectivity index (χ3v) is 6.26. The molecule has 1 unspecified atom stereocenters. The van der Waals surface area contributed by atoms with Gasteiger partial charge in [-0.1, -0.05) is 17.3 Å². The number of hydrazine groups is 1. The van der Waals surface area contributed by atoms with Gasteiger partial charge in [0.25, 0.3) is 5.91 Å². The fraction of sp³-hybridized carbons (Fsp3) is 0.200. The van der Waals surface area contributed by atoms with Gasteiger partial charge in [-0.05, 0) is 43.7 Å². The molecule has 8 nitrogen and oxygen atoms in total. The summed E-state index contributed by atoms with van der Waals surface area (Å²) in [6.07, 6.45) is 0. The molecule has 3 aromatic rings. The van der Waals surface area contributed by atoms with Gasteiger partial charge in [-0.2, -0.15) is 0 Å². The summed E-state index contributed by atoms with van der Waals surface area (Å²) >= 11 is 2.33. The SMILES string of the molecule is Cc1cc(NC(=O)C(C)SCC(=O)NNC(=O)c2ccc(-c3ccc(F)cc3)s2)no1. The quantitative estimate of drug-likeness (QED) is 0.464. The third kappa shape index (κ3) is 6.40. The lowest BCUT2D eigenvalue weighted by Gasteiger charge is -2.10. The van der Waals surface area contributed by atoms with Crippen LogP contribution in [0.2, 0.25) is 0 Å². The summed E-state index contributed by atoms with van der Waals surface area (Å²) in [5.41, 5.74) is 5.46. The molecule has 0 fully saturated rings. The van der Waals surface area contributed by atoms with Gasteiger partial charge in [-0.3, -0.25) is 25.2 Å². The number of nitrogens with zero attached hydrogens (tertiary/aromatic N) is 1. The molecule has 0 aliphatic rings. The van der Waals surface area contributed by atoms with Crippen LogP contribution in [0.4, 0.5) is 10.2 Å². The molecule has 1 atom stereocenters. The maximum Gasteiger partial charge on any atom is 0.279 e. The van der Waals surface area contributed by atoms with Gasteiger partial charge >= 0.3 is 0 Å². The van der Waals surface area contributed by atoms with Crippen molar-refractivity contribution in [2.75, 3.05) is 11.1 Å². The normalized spacial score (nSPS) is 11.6. The number of halogens is 1. The van der Waals surface area contributed by atoms with Crippen molar-refractivity contribution in [2.45, 2.75) is 19.1 Å². The number of aromatic nitrogens is 1. The first kappa shape index (κ1) is 22.5. The standard InChI is InChI=1S/C20H19FN4O4S2/c1-11-9-17(25-29-11)22-19(27)12(2)30-10-18(26)23-24-20(28)16-8-7-15(31-16)13-3-5-14(21)6-4-13/h3-9,12H,10H2,1-2H3,(H,23,26)(H,24,28)(H,22,25,27). The molecule has 3 amide bonds. The first-order valence-electron chi connectivity index (χ1n) is 9.12. The minimum absolute atomic E-state index is 0.0298. The van der Waals surface area contributed by atoms with Gasteiger partial charge in [0.15, 0.2) is 5.82 Å². The Hall–Kier alpha value is -3.18. The van der Waals surface area contributed by atoms with E-state index in [4.69, 9.17) is 4.52 Å². The predicted molar refractivity (Wildman–Crippen MR) is 117 cm³/mol. The van der Waals surface area contributed by atoms with Crippen molar-refractivity contribution in [3.05, 3.63) is 58.9 Å². The van der Waals surface area contributed by atoms with E-state index in [1.54, 1.807) is 44.2 Å². The molecule has 0 aliphatic heterocycles. The predicted octanol–water partition coefficient (Wildman–Crippen LogP) is 3.37. The molecule has 31 heavy (non-hydrogen) atoms. The number of carbonyl (C=O) groups is 3. The lowest BCUT2D eigenvalue weighted by Crippen LogP contribution is -2.42. The number of thioether (sulfide) groups is 1. The zero-order chi connectivity index (χ0) is 22.4. The van der Waals surface area contributed by atoms with Gasteiger partial charge in [-0.25, -0.2) is 4.39 Å². The number of benzene rings is 1. The lowest BCUT2D eigenvalue weighted by molar-refractivity contribution is -0.119. The second-order valence-corrected chi connectivity index (χ2v) is 8.85. The van der Waals surface area contributed by atoms with Gasteiger partial charge in [0.1, 0.15) is 11.6 Å². The zero-order valence-electron chi connectivity index (χ0n) is 16.6. The fourth-order valence-electron chi connectivity index (χ4n) is 2.38. The number of rotatable bonds is 7. The number of anilines is 1. The lowest BCUT2D eigenvalue weighted by atomic mass is 10.2. The van der Waals surface area contributed by atoms with Crippen molar-refractivity contribution in [2.24, 2.45) is 0 Å². The molecule has 0 aliphatic carbocycles. The second kappa shape index (κ2) is 10.2. The van der Waals surface area contributed by atoms with Crippen molar-refractivity contribution in [3.63, 3.8) is 0 Å². The van der Waals surface area contributed by atoms with Crippen LogP contribution >= 0.6 is 23.1 Å². The zero-order valence-corrected chi connectivity index (χ0v) is 18.2. The number of thiophene rings is 1. The highest BCUT2D eigenvalue weighted by atomic mass is 32.2. The van der Waals surface area contributed by atoms with E-state index >= 15 is 0 Å². The van der Waals surface area contributed by atoms with Gasteiger partial charge in [-0.15, -0.1) is 23.1 Å². The highest BCUT2D eigenvalue weighted by Crippen LogP contribution is 2.28.